The molecule has 1 saturated heterocycles. The Balaban J connectivity index is 2.18. The molecule has 82 valence electrons. The minimum Gasteiger partial charge on any atom is -0.370 e. The number of rotatable bonds is 1. The first-order chi connectivity index (χ1) is 7.16. The van der Waals surface area contributed by atoms with Gasteiger partial charge in [0.25, 0.3) is 0 Å². The molecule has 0 saturated carbocycles. The highest BCUT2D eigenvalue weighted by molar-refractivity contribution is 6.30. The molecule has 4 heteroatoms. The molecule has 0 bridgehead atoms. The summed E-state index contributed by atoms with van der Waals surface area (Å²) in [6.07, 6.45) is 2.11. The molecule has 1 aromatic carbocycles. The van der Waals surface area contributed by atoms with Gasteiger partial charge < -0.3 is 10.6 Å². The summed E-state index contributed by atoms with van der Waals surface area (Å²) in [5, 5.41) is 0.167. The SMILES string of the molecule is NC1CCCN(c2ccc(Cl)c(F)c2)C1. The number of anilines is 1. The number of nitrogens with zero attached hydrogens (tertiary/aromatic N) is 1. The van der Waals surface area contributed by atoms with Crippen LogP contribution < -0.4 is 10.6 Å². The van der Waals surface area contributed by atoms with Crippen molar-refractivity contribution in [3.8, 4) is 0 Å². The van der Waals surface area contributed by atoms with E-state index in [0.717, 1.165) is 31.6 Å². The van der Waals surface area contributed by atoms with Gasteiger partial charge in [-0.05, 0) is 31.0 Å². The fourth-order valence-electron chi connectivity index (χ4n) is 1.93. The van der Waals surface area contributed by atoms with Crippen LogP contribution in [0.1, 0.15) is 12.8 Å². The fraction of sp³-hybridized carbons (Fsp3) is 0.455. The molecule has 2 N–H and O–H groups in total. The zero-order chi connectivity index (χ0) is 10.8. The lowest BCUT2D eigenvalue weighted by atomic mass is 10.1. The summed E-state index contributed by atoms with van der Waals surface area (Å²) in [5.41, 5.74) is 6.74. The molecule has 2 nitrogen and oxygen atoms in total. The molecule has 1 unspecified atom stereocenters. The topological polar surface area (TPSA) is 29.3 Å². The Hall–Kier alpha value is -0.800. The van der Waals surface area contributed by atoms with Crippen LogP contribution in [0.5, 0.6) is 0 Å². The van der Waals surface area contributed by atoms with Crippen LogP contribution in [0.4, 0.5) is 10.1 Å². The third kappa shape index (κ3) is 2.41. The number of halogens is 2. The Labute approximate surface area is 93.8 Å². The fourth-order valence-corrected chi connectivity index (χ4v) is 2.04. The lowest BCUT2D eigenvalue weighted by Gasteiger charge is -2.32. The summed E-state index contributed by atoms with van der Waals surface area (Å²) in [4.78, 5) is 2.10. The molecule has 2 rings (SSSR count). The van der Waals surface area contributed by atoms with Gasteiger partial charge in [0.05, 0.1) is 5.02 Å². The maximum absolute atomic E-state index is 13.2. The van der Waals surface area contributed by atoms with E-state index in [1.807, 2.05) is 6.07 Å². The monoisotopic (exact) mass is 228 g/mol. The van der Waals surface area contributed by atoms with Gasteiger partial charge in [0, 0.05) is 24.8 Å². The van der Waals surface area contributed by atoms with Crippen molar-refractivity contribution >= 4 is 17.3 Å². The molecule has 1 aromatic rings. The van der Waals surface area contributed by atoms with Gasteiger partial charge in [0.2, 0.25) is 0 Å². The number of hydrogen-bond acceptors (Lipinski definition) is 2. The van der Waals surface area contributed by atoms with Crippen molar-refractivity contribution in [2.24, 2.45) is 5.73 Å². The van der Waals surface area contributed by atoms with E-state index in [0.29, 0.717) is 0 Å². The first-order valence-corrected chi connectivity index (χ1v) is 5.50. The van der Waals surface area contributed by atoms with Crippen molar-refractivity contribution in [1.82, 2.24) is 0 Å². The van der Waals surface area contributed by atoms with Crippen LogP contribution in [-0.4, -0.2) is 19.1 Å². The number of piperidine rings is 1. The summed E-state index contributed by atoms with van der Waals surface area (Å²) in [7, 11) is 0. The Morgan fingerprint density at radius 3 is 2.93 bits per heavy atom. The molecular formula is C11H14ClFN2. The van der Waals surface area contributed by atoms with Crippen LogP contribution in [0.3, 0.4) is 0 Å². The Morgan fingerprint density at radius 2 is 2.27 bits per heavy atom. The summed E-state index contributed by atoms with van der Waals surface area (Å²) in [6, 6.07) is 5.09. The van der Waals surface area contributed by atoms with Gasteiger partial charge >= 0.3 is 0 Å². The predicted octanol–water partition coefficient (Wildman–Crippen LogP) is 2.41. The third-order valence-electron chi connectivity index (χ3n) is 2.73. The molecule has 0 aliphatic carbocycles. The minimum absolute atomic E-state index is 0.167. The summed E-state index contributed by atoms with van der Waals surface area (Å²) >= 11 is 5.63. The van der Waals surface area contributed by atoms with E-state index in [2.05, 4.69) is 4.90 Å². The van der Waals surface area contributed by atoms with E-state index in [1.54, 1.807) is 6.07 Å². The van der Waals surface area contributed by atoms with Crippen molar-refractivity contribution in [3.63, 3.8) is 0 Å². The summed E-state index contributed by atoms with van der Waals surface area (Å²) < 4.78 is 13.2. The lowest BCUT2D eigenvalue weighted by molar-refractivity contribution is 0.505. The van der Waals surface area contributed by atoms with Gasteiger partial charge in [-0.2, -0.15) is 0 Å². The second-order valence-corrected chi connectivity index (χ2v) is 4.35. The molecule has 0 radical (unpaired) electrons. The molecule has 1 aliphatic heterocycles. The van der Waals surface area contributed by atoms with Crippen LogP contribution in [0.2, 0.25) is 5.02 Å². The van der Waals surface area contributed by atoms with Crippen molar-refractivity contribution < 1.29 is 4.39 Å². The largest absolute Gasteiger partial charge is 0.370 e. The van der Waals surface area contributed by atoms with Gasteiger partial charge in [-0.3, -0.25) is 0 Å². The molecule has 1 aliphatic rings. The number of hydrogen-bond donors (Lipinski definition) is 1. The maximum Gasteiger partial charge on any atom is 0.143 e. The lowest BCUT2D eigenvalue weighted by Crippen LogP contribution is -2.42. The number of nitrogens with two attached hydrogens (primary N) is 1. The molecule has 1 fully saturated rings. The van der Waals surface area contributed by atoms with Crippen LogP contribution in [0.15, 0.2) is 18.2 Å². The molecule has 1 heterocycles. The standard InChI is InChI=1S/C11H14ClFN2/c12-10-4-3-9(6-11(10)13)15-5-1-2-8(14)7-15/h3-4,6,8H,1-2,5,7,14H2. The average molecular weight is 229 g/mol. The van der Waals surface area contributed by atoms with Crippen LogP contribution in [0, 0.1) is 5.82 Å². The summed E-state index contributed by atoms with van der Waals surface area (Å²) in [6.45, 7) is 1.73. The van der Waals surface area contributed by atoms with Crippen LogP contribution >= 0.6 is 11.6 Å². The van der Waals surface area contributed by atoms with E-state index in [4.69, 9.17) is 17.3 Å². The Morgan fingerprint density at radius 1 is 1.47 bits per heavy atom. The van der Waals surface area contributed by atoms with Gasteiger partial charge in [0.15, 0.2) is 0 Å². The minimum atomic E-state index is -0.367. The Bertz CT molecular complexity index is 356. The van der Waals surface area contributed by atoms with E-state index in [9.17, 15) is 4.39 Å². The second-order valence-electron chi connectivity index (χ2n) is 3.95. The average Bonchev–Trinajstić information content (AvgIpc) is 2.22. The quantitative estimate of drug-likeness (QED) is 0.800. The van der Waals surface area contributed by atoms with Crippen molar-refractivity contribution in [1.29, 1.82) is 0 Å². The molecule has 0 spiro atoms. The highest BCUT2D eigenvalue weighted by Crippen LogP contribution is 2.24. The zero-order valence-corrected chi connectivity index (χ0v) is 9.17. The van der Waals surface area contributed by atoms with Gasteiger partial charge in [-0.25, -0.2) is 4.39 Å². The first kappa shape index (κ1) is 10.7. The van der Waals surface area contributed by atoms with Crippen LogP contribution in [-0.2, 0) is 0 Å². The van der Waals surface area contributed by atoms with Gasteiger partial charge in [-0.1, -0.05) is 11.6 Å². The smallest absolute Gasteiger partial charge is 0.143 e. The highest BCUT2D eigenvalue weighted by atomic mass is 35.5. The molecule has 0 amide bonds. The Kier molecular flexibility index (Phi) is 3.12. The maximum atomic E-state index is 13.2. The van der Waals surface area contributed by atoms with Gasteiger partial charge in [0.1, 0.15) is 5.82 Å². The highest BCUT2D eigenvalue weighted by Gasteiger charge is 2.17. The second kappa shape index (κ2) is 4.37. The van der Waals surface area contributed by atoms with Crippen molar-refractivity contribution in [2.75, 3.05) is 18.0 Å². The van der Waals surface area contributed by atoms with E-state index in [1.165, 1.54) is 6.07 Å². The van der Waals surface area contributed by atoms with Crippen LogP contribution in [0.25, 0.3) is 0 Å². The van der Waals surface area contributed by atoms with E-state index in [-0.39, 0.29) is 16.9 Å². The molecule has 1 atom stereocenters. The van der Waals surface area contributed by atoms with Crippen molar-refractivity contribution in [2.45, 2.75) is 18.9 Å². The van der Waals surface area contributed by atoms with Gasteiger partial charge in [-0.15, -0.1) is 0 Å². The molecular weight excluding hydrogens is 215 g/mol. The molecule has 0 aromatic heterocycles. The third-order valence-corrected chi connectivity index (χ3v) is 3.03. The summed E-state index contributed by atoms with van der Waals surface area (Å²) in [5.74, 6) is -0.367. The number of benzene rings is 1. The first-order valence-electron chi connectivity index (χ1n) is 5.12. The van der Waals surface area contributed by atoms with E-state index < -0.39 is 0 Å². The zero-order valence-electron chi connectivity index (χ0n) is 8.42. The molecule has 15 heavy (non-hydrogen) atoms. The predicted molar refractivity (Wildman–Crippen MR) is 60.8 cm³/mol. The van der Waals surface area contributed by atoms with E-state index >= 15 is 0 Å². The van der Waals surface area contributed by atoms with Crippen molar-refractivity contribution in [3.05, 3.63) is 29.0 Å². The normalized spacial score (nSPS) is 21.8.